The average Bonchev–Trinajstić information content (AvgIpc) is 3.14. The predicted molar refractivity (Wildman–Crippen MR) is 108 cm³/mol. The number of urea groups is 1. The molecular formula is C21H22N4O4. The lowest BCUT2D eigenvalue weighted by Gasteiger charge is -2.15. The van der Waals surface area contributed by atoms with Crippen LogP contribution in [0, 0.1) is 0 Å². The van der Waals surface area contributed by atoms with E-state index in [2.05, 4.69) is 20.9 Å². The molecule has 3 aromatic rings. The Hall–Kier alpha value is -3.81. The van der Waals surface area contributed by atoms with Crippen molar-refractivity contribution >= 4 is 28.8 Å². The van der Waals surface area contributed by atoms with Crippen LogP contribution >= 0.6 is 0 Å². The van der Waals surface area contributed by atoms with E-state index in [1.54, 1.807) is 6.20 Å². The van der Waals surface area contributed by atoms with Crippen LogP contribution in [0.3, 0.4) is 0 Å². The number of carbonyl (C=O) groups excluding carboxylic acids is 2. The molecular weight excluding hydrogens is 372 g/mol. The Morgan fingerprint density at radius 3 is 2.45 bits per heavy atom. The number of para-hydroxylation sites is 1. The molecule has 3 amide bonds. The summed E-state index contributed by atoms with van der Waals surface area (Å²) in [4.78, 5) is 38.6. The number of carboxylic acid groups (broad SMARTS) is 1. The maximum Gasteiger partial charge on any atom is 0.326 e. The standard InChI is InChI=1S/C21H22N4O4/c26-19(23-11-14-6-2-1-3-7-14)13-24-21(29)25-18(20(27)28)10-15-12-22-17-9-5-4-8-16(15)17/h1-9,12,18,22H,10-11,13H2,(H,23,26)(H,27,28)(H2,24,25,29)/t18-/m0/s1. The first kappa shape index (κ1) is 19.9. The van der Waals surface area contributed by atoms with Crippen LogP contribution in [0.1, 0.15) is 11.1 Å². The van der Waals surface area contributed by atoms with Gasteiger partial charge in [-0.1, -0.05) is 48.5 Å². The number of hydrogen-bond acceptors (Lipinski definition) is 3. The Morgan fingerprint density at radius 1 is 0.966 bits per heavy atom. The van der Waals surface area contributed by atoms with Gasteiger partial charge in [-0.25, -0.2) is 9.59 Å². The van der Waals surface area contributed by atoms with Crippen molar-refractivity contribution < 1.29 is 19.5 Å². The summed E-state index contributed by atoms with van der Waals surface area (Å²) in [6, 6.07) is 15.1. The van der Waals surface area contributed by atoms with Gasteiger partial charge >= 0.3 is 12.0 Å². The van der Waals surface area contributed by atoms with Crippen molar-refractivity contribution in [1.29, 1.82) is 0 Å². The Labute approximate surface area is 167 Å². The number of aromatic nitrogens is 1. The minimum atomic E-state index is -1.15. The highest BCUT2D eigenvalue weighted by atomic mass is 16.4. The van der Waals surface area contributed by atoms with Crippen LogP contribution < -0.4 is 16.0 Å². The van der Waals surface area contributed by atoms with E-state index in [0.717, 1.165) is 22.0 Å². The zero-order valence-corrected chi connectivity index (χ0v) is 15.6. The third-order valence-corrected chi connectivity index (χ3v) is 4.44. The topological polar surface area (TPSA) is 123 Å². The van der Waals surface area contributed by atoms with Crippen LogP contribution in [0.15, 0.2) is 60.8 Å². The number of aliphatic carboxylic acids is 1. The van der Waals surface area contributed by atoms with Gasteiger partial charge in [0.1, 0.15) is 6.04 Å². The zero-order valence-electron chi connectivity index (χ0n) is 15.6. The van der Waals surface area contributed by atoms with E-state index in [9.17, 15) is 19.5 Å². The van der Waals surface area contributed by atoms with E-state index < -0.39 is 18.0 Å². The SMILES string of the molecule is O=C(CNC(=O)N[C@@H](Cc1c[nH]c2ccccc12)C(=O)O)NCc1ccccc1. The van der Waals surface area contributed by atoms with Gasteiger partial charge in [0.25, 0.3) is 0 Å². The van der Waals surface area contributed by atoms with Crippen LogP contribution in [0.4, 0.5) is 4.79 Å². The van der Waals surface area contributed by atoms with Crippen LogP contribution in [0.25, 0.3) is 10.9 Å². The first-order valence-corrected chi connectivity index (χ1v) is 9.15. The molecule has 0 saturated carbocycles. The summed E-state index contributed by atoms with van der Waals surface area (Å²) >= 11 is 0. The number of nitrogens with one attached hydrogen (secondary N) is 4. The van der Waals surface area contributed by atoms with E-state index in [4.69, 9.17) is 0 Å². The molecule has 1 atom stereocenters. The molecule has 1 aromatic heterocycles. The second-order valence-corrected chi connectivity index (χ2v) is 6.54. The normalized spacial score (nSPS) is 11.6. The second kappa shape index (κ2) is 9.41. The maximum atomic E-state index is 12.1. The first-order valence-electron chi connectivity index (χ1n) is 9.15. The number of carboxylic acids is 1. The first-order chi connectivity index (χ1) is 14.0. The Bertz CT molecular complexity index is 1000. The van der Waals surface area contributed by atoms with E-state index >= 15 is 0 Å². The number of hydrogen-bond donors (Lipinski definition) is 5. The van der Waals surface area contributed by atoms with Gasteiger partial charge in [0.15, 0.2) is 0 Å². The molecule has 0 spiro atoms. The van der Waals surface area contributed by atoms with Gasteiger partial charge < -0.3 is 26.0 Å². The number of rotatable bonds is 8. The lowest BCUT2D eigenvalue weighted by atomic mass is 10.1. The molecule has 0 radical (unpaired) electrons. The summed E-state index contributed by atoms with van der Waals surface area (Å²) in [5.41, 5.74) is 2.62. The molecule has 8 nitrogen and oxygen atoms in total. The van der Waals surface area contributed by atoms with Gasteiger partial charge in [-0.15, -0.1) is 0 Å². The van der Waals surface area contributed by atoms with Crippen molar-refractivity contribution in [2.45, 2.75) is 19.0 Å². The molecule has 0 fully saturated rings. The average molecular weight is 394 g/mol. The lowest BCUT2D eigenvalue weighted by Crippen LogP contribution is -2.49. The monoisotopic (exact) mass is 394 g/mol. The fraction of sp³-hybridized carbons (Fsp3) is 0.190. The lowest BCUT2D eigenvalue weighted by molar-refractivity contribution is -0.139. The summed E-state index contributed by atoms with van der Waals surface area (Å²) in [7, 11) is 0. The Morgan fingerprint density at radius 2 is 1.69 bits per heavy atom. The van der Waals surface area contributed by atoms with Gasteiger partial charge in [-0.3, -0.25) is 4.79 Å². The predicted octanol–water partition coefficient (Wildman–Crippen LogP) is 1.78. The summed E-state index contributed by atoms with van der Waals surface area (Å²) in [5.74, 6) is -1.52. The smallest absolute Gasteiger partial charge is 0.326 e. The van der Waals surface area contributed by atoms with Crippen molar-refractivity contribution in [1.82, 2.24) is 20.9 Å². The highest BCUT2D eigenvalue weighted by Gasteiger charge is 2.22. The van der Waals surface area contributed by atoms with Crippen molar-refractivity contribution in [3.8, 4) is 0 Å². The van der Waals surface area contributed by atoms with Crippen molar-refractivity contribution in [3.05, 3.63) is 71.9 Å². The molecule has 150 valence electrons. The van der Waals surface area contributed by atoms with Gasteiger partial charge in [0, 0.05) is 30.1 Å². The largest absolute Gasteiger partial charge is 0.480 e. The highest BCUT2D eigenvalue weighted by Crippen LogP contribution is 2.19. The molecule has 2 aromatic carbocycles. The molecule has 0 unspecified atom stereocenters. The van der Waals surface area contributed by atoms with E-state index in [1.807, 2.05) is 54.6 Å². The molecule has 0 aliphatic rings. The fourth-order valence-electron chi connectivity index (χ4n) is 2.95. The van der Waals surface area contributed by atoms with Crippen molar-refractivity contribution in [2.75, 3.05) is 6.54 Å². The molecule has 1 heterocycles. The summed E-state index contributed by atoms with van der Waals surface area (Å²) in [5, 5.41) is 17.8. The van der Waals surface area contributed by atoms with Crippen LogP contribution in [-0.4, -0.2) is 40.6 Å². The summed E-state index contributed by atoms with van der Waals surface area (Å²) < 4.78 is 0. The second-order valence-electron chi connectivity index (χ2n) is 6.54. The highest BCUT2D eigenvalue weighted by molar-refractivity contribution is 5.88. The minimum Gasteiger partial charge on any atom is -0.480 e. The van der Waals surface area contributed by atoms with Crippen molar-refractivity contribution in [2.24, 2.45) is 0 Å². The third kappa shape index (κ3) is 5.58. The quantitative estimate of drug-likeness (QED) is 0.399. The number of amides is 3. The number of aromatic amines is 1. The molecule has 0 aliphatic heterocycles. The molecule has 29 heavy (non-hydrogen) atoms. The van der Waals surface area contributed by atoms with Crippen molar-refractivity contribution in [3.63, 3.8) is 0 Å². The van der Waals surface area contributed by atoms with E-state index in [0.29, 0.717) is 6.54 Å². The van der Waals surface area contributed by atoms with E-state index in [-0.39, 0.29) is 18.9 Å². The molecule has 5 N–H and O–H groups in total. The number of H-pyrrole nitrogens is 1. The molecule has 3 rings (SSSR count). The number of carbonyl (C=O) groups is 3. The molecule has 0 bridgehead atoms. The summed E-state index contributed by atoms with van der Waals surface area (Å²) in [6.45, 7) is 0.0966. The number of fused-ring (bicyclic) bond motifs is 1. The molecule has 0 saturated heterocycles. The van der Waals surface area contributed by atoms with Gasteiger partial charge in [-0.05, 0) is 17.2 Å². The Kier molecular flexibility index (Phi) is 6.47. The third-order valence-electron chi connectivity index (χ3n) is 4.44. The molecule has 0 aliphatic carbocycles. The van der Waals surface area contributed by atoms with Gasteiger partial charge in [0.05, 0.1) is 6.54 Å². The Balaban J connectivity index is 1.49. The van der Waals surface area contributed by atoms with Crippen LogP contribution in [0.5, 0.6) is 0 Å². The number of benzene rings is 2. The molecule has 8 heteroatoms. The minimum absolute atomic E-state index is 0.118. The van der Waals surface area contributed by atoms with E-state index in [1.165, 1.54) is 0 Å². The fourth-order valence-corrected chi connectivity index (χ4v) is 2.95. The van der Waals surface area contributed by atoms with Gasteiger partial charge in [-0.2, -0.15) is 0 Å². The van der Waals surface area contributed by atoms with Gasteiger partial charge in [0.2, 0.25) is 5.91 Å². The maximum absolute atomic E-state index is 12.1. The van der Waals surface area contributed by atoms with Crippen LogP contribution in [0.2, 0.25) is 0 Å². The summed E-state index contributed by atoms with van der Waals surface area (Å²) in [6.07, 6.45) is 1.85. The zero-order chi connectivity index (χ0) is 20.6. The van der Waals surface area contributed by atoms with Crippen LogP contribution in [-0.2, 0) is 22.6 Å².